The van der Waals surface area contributed by atoms with E-state index in [0.29, 0.717) is 0 Å². The van der Waals surface area contributed by atoms with Crippen molar-refractivity contribution in [1.82, 2.24) is 0 Å². The van der Waals surface area contributed by atoms with Crippen molar-refractivity contribution in [3.05, 3.63) is 23.8 Å². The maximum atomic E-state index is 11.0. The first-order valence-corrected chi connectivity index (χ1v) is 7.48. The average molecular weight is 266 g/mol. The number of hydrogen-bond acceptors (Lipinski definition) is 3. The van der Waals surface area contributed by atoms with Gasteiger partial charge in [0.15, 0.2) is 0 Å². The Labute approximate surface area is 114 Å². The van der Waals surface area contributed by atoms with Gasteiger partial charge >= 0.3 is 0 Å². The van der Waals surface area contributed by atoms with Crippen molar-refractivity contribution < 1.29 is 4.79 Å². The molecule has 3 nitrogen and oxygen atoms in total. The number of anilines is 2. The standard InChI is InChI=1S/C14H22N2OS/c1-4-18-9-5-8-15-13-6-7-14(11(2)10-13)16-12(3)17/h6-7,10,15H,4-5,8-9H2,1-3H3,(H,16,17). The molecular formula is C14H22N2OS. The van der Waals surface area contributed by atoms with Gasteiger partial charge in [-0.2, -0.15) is 11.8 Å². The summed E-state index contributed by atoms with van der Waals surface area (Å²) in [6.45, 7) is 6.70. The van der Waals surface area contributed by atoms with E-state index in [1.165, 1.54) is 24.9 Å². The number of thioether (sulfide) groups is 1. The lowest BCUT2D eigenvalue weighted by Gasteiger charge is -2.10. The maximum absolute atomic E-state index is 11.0. The summed E-state index contributed by atoms with van der Waals surface area (Å²) in [5.74, 6) is 2.35. The minimum atomic E-state index is -0.0320. The zero-order valence-electron chi connectivity index (χ0n) is 11.4. The number of amides is 1. The summed E-state index contributed by atoms with van der Waals surface area (Å²) in [6.07, 6.45) is 1.17. The first-order chi connectivity index (χ1) is 8.63. The SMILES string of the molecule is CCSCCCNc1ccc(NC(C)=O)c(C)c1. The second-order valence-corrected chi connectivity index (χ2v) is 5.58. The van der Waals surface area contributed by atoms with Gasteiger partial charge < -0.3 is 10.6 Å². The smallest absolute Gasteiger partial charge is 0.221 e. The molecule has 0 aliphatic carbocycles. The van der Waals surface area contributed by atoms with Crippen LogP contribution in [0.4, 0.5) is 11.4 Å². The zero-order valence-corrected chi connectivity index (χ0v) is 12.2. The monoisotopic (exact) mass is 266 g/mol. The lowest BCUT2D eigenvalue weighted by atomic mass is 10.1. The summed E-state index contributed by atoms with van der Waals surface area (Å²) in [5, 5.41) is 6.21. The van der Waals surface area contributed by atoms with Crippen molar-refractivity contribution in [1.29, 1.82) is 0 Å². The third kappa shape index (κ3) is 5.45. The molecule has 1 aromatic carbocycles. The van der Waals surface area contributed by atoms with Crippen molar-refractivity contribution in [2.24, 2.45) is 0 Å². The highest BCUT2D eigenvalue weighted by Crippen LogP contribution is 2.19. The topological polar surface area (TPSA) is 41.1 Å². The van der Waals surface area contributed by atoms with E-state index in [9.17, 15) is 4.79 Å². The molecule has 0 bridgehead atoms. The van der Waals surface area contributed by atoms with E-state index in [2.05, 4.69) is 23.6 Å². The van der Waals surface area contributed by atoms with Crippen molar-refractivity contribution in [3.63, 3.8) is 0 Å². The summed E-state index contributed by atoms with van der Waals surface area (Å²) in [4.78, 5) is 11.0. The van der Waals surface area contributed by atoms with E-state index in [-0.39, 0.29) is 5.91 Å². The van der Waals surface area contributed by atoms with Crippen LogP contribution in [0, 0.1) is 6.92 Å². The van der Waals surface area contributed by atoms with Crippen molar-refractivity contribution in [3.8, 4) is 0 Å². The van der Waals surface area contributed by atoms with Crippen LogP contribution in [-0.2, 0) is 4.79 Å². The van der Waals surface area contributed by atoms with Crippen LogP contribution in [0.1, 0.15) is 25.8 Å². The molecule has 1 amide bonds. The van der Waals surface area contributed by atoms with Gasteiger partial charge in [-0.1, -0.05) is 6.92 Å². The van der Waals surface area contributed by atoms with Gasteiger partial charge in [0.2, 0.25) is 5.91 Å². The Hall–Kier alpha value is -1.16. The largest absolute Gasteiger partial charge is 0.385 e. The third-order valence-electron chi connectivity index (χ3n) is 2.54. The van der Waals surface area contributed by atoms with Crippen molar-refractivity contribution >= 4 is 29.0 Å². The molecule has 1 rings (SSSR count). The van der Waals surface area contributed by atoms with Crippen LogP contribution in [-0.4, -0.2) is 24.0 Å². The van der Waals surface area contributed by atoms with Crippen molar-refractivity contribution in [2.45, 2.75) is 27.2 Å². The number of hydrogen-bond donors (Lipinski definition) is 2. The number of nitrogens with one attached hydrogen (secondary N) is 2. The summed E-state index contributed by atoms with van der Waals surface area (Å²) < 4.78 is 0. The van der Waals surface area contributed by atoms with E-state index < -0.39 is 0 Å². The zero-order chi connectivity index (χ0) is 13.4. The molecule has 0 saturated heterocycles. The molecule has 0 radical (unpaired) electrons. The van der Waals surface area contributed by atoms with Gasteiger partial charge in [-0.15, -0.1) is 0 Å². The van der Waals surface area contributed by atoms with Gasteiger partial charge in [-0.05, 0) is 48.6 Å². The molecule has 18 heavy (non-hydrogen) atoms. The lowest BCUT2D eigenvalue weighted by Crippen LogP contribution is -2.08. The maximum Gasteiger partial charge on any atom is 0.221 e. The summed E-state index contributed by atoms with van der Waals surface area (Å²) in [5.41, 5.74) is 3.08. The van der Waals surface area contributed by atoms with Crippen LogP contribution in [0.25, 0.3) is 0 Å². The molecule has 0 unspecified atom stereocenters. The van der Waals surface area contributed by atoms with Gasteiger partial charge in [0.05, 0.1) is 0 Å². The molecule has 0 aromatic heterocycles. The molecule has 100 valence electrons. The third-order valence-corrected chi connectivity index (χ3v) is 3.52. The van der Waals surface area contributed by atoms with E-state index in [0.717, 1.165) is 23.5 Å². The minimum Gasteiger partial charge on any atom is -0.385 e. The predicted octanol–water partition coefficient (Wildman–Crippen LogP) is 3.51. The van der Waals surface area contributed by atoms with Gasteiger partial charge in [0.25, 0.3) is 0 Å². The molecule has 1 aromatic rings. The summed E-state index contributed by atoms with van der Waals surface area (Å²) in [6, 6.07) is 6.02. The Balaban J connectivity index is 2.43. The van der Waals surface area contributed by atoms with Crippen LogP contribution in [0.3, 0.4) is 0 Å². The van der Waals surface area contributed by atoms with Crippen LogP contribution in [0.5, 0.6) is 0 Å². The number of rotatable bonds is 7. The van der Waals surface area contributed by atoms with E-state index in [1.54, 1.807) is 0 Å². The molecule has 0 atom stereocenters. The van der Waals surface area contributed by atoms with Crippen LogP contribution >= 0.6 is 11.8 Å². The molecule has 0 spiro atoms. The van der Waals surface area contributed by atoms with Gasteiger partial charge in [0, 0.05) is 24.8 Å². The molecule has 4 heteroatoms. The second kappa shape index (κ2) is 8.03. The van der Waals surface area contributed by atoms with E-state index in [1.807, 2.05) is 30.8 Å². The van der Waals surface area contributed by atoms with Crippen molar-refractivity contribution in [2.75, 3.05) is 28.7 Å². The number of benzene rings is 1. The normalized spacial score (nSPS) is 10.2. The molecule has 0 aliphatic rings. The fourth-order valence-corrected chi connectivity index (χ4v) is 2.29. The van der Waals surface area contributed by atoms with Crippen LogP contribution in [0.15, 0.2) is 18.2 Å². The Kier molecular flexibility index (Phi) is 6.65. The fourth-order valence-electron chi connectivity index (χ4n) is 1.65. The van der Waals surface area contributed by atoms with Gasteiger partial charge in [-0.25, -0.2) is 0 Å². The Bertz CT molecular complexity index is 393. The highest BCUT2D eigenvalue weighted by Gasteiger charge is 2.01. The predicted molar refractivity (Wildman–Crippen MR) is 81.6 cm³/mol. The van der Waals surface area contributed by atoms with Crippen LogP contribution < -0.4 is 10.6 Å². The molecular weight excluding hydrogens is 244 g/mol. The molecule has 2 N–H and O–H groups in total. The summed E-state index contributed by atoms with van der Waals surface area (Å²) >= 11 is 1.97. The first kappa shape index (κ1) is 14.9. The minimum absolute atomic E-state index is 0.0320. The lowest BCUT2D eigenvalue weighted by molar-refractivity contribution is -0.114. The molecule has 0 aliphatic heterocycles. The van der Waals surface area contributed by atoms with Gasteiger partial charge in [-0.3, -0.25) is 4.79 Å². The Morgan fingerprint density at radius 1 is 1.39 bits per heavy atom. The average Bonchev–Trinajstić information content (AvgIpc) is 2.32. The molecule has 0 saturated carbocycles. The summed E-state index contributed by atoms with van der Waals surface area (Å²) in [7, 11) is 0. The number of aryl methyl sites for hydroxylation is 1. The number of carbonyl (C=O) groups is 1. The quantitative estimate of drug-likeness (QED) is 0.742. The van der Waals surface area contributed by atoms with Crippen LogP contribution in [0.2, 0.25) is 0 Å². The first-order valence-electron chi connectivity index (χ1n) is 6.33. The number of carbonyl (C=O) groups excluding carboxylic acids is 1. The van der Waals surface area contributed by atoms with E-state index >= 15 is 0 Å². The Morgan fingerprint density at radius 2 is 2.17 bits per heavy atom. The fraction of sp³-hybridized carbons (Fsp3) is 0.500. The molecule has 0 heterocycles. The highest BCUT2D eigenvalue weighted by atomic mass is 32.2. The highest BCUT2D eigenvalue weighted by molar-refractivity contribution is 7.99. The van der Waals surface area contributed by atoms with Gasteiger partial charge in [0.1, 0.15) is 0 Å². The molecule has 0 fully saturated rings. The second-order valence-electron chi connectivity index (χ2n) is 4.19. The Morgan fingerprint density at radius 3 is 2.78 bits per heavy atom. The van der Waals surface area contributed by atoms with E-state index in [4.69, 9.17) is 0 Å².